The van der Waals surface area contributed by atoms with Gasteiger partial charge >= 0.3 is 0 Å². The van der Waals surface area contributed by atoms with Crippen molar-refractivity contribution in [2.75, 3.05) is 19.4 Å². The first-order valence-electron chi connectivity index (χ1n) is 8.96. The number of nitrogens with one attached hydrogen (secondary N) is 2. The first-order valence-corrected chi connectivity index (χ1v) is 11.6. The third kappa shape index (κ3) is 8.88. The third-order valence-electron chi connectivity index (χ3n) is 4.05. The molecule has 0 heterocycles. The van der Waals surface area contributed by atoms with Crippen LogP contribution in [0.25, 0.3) is 0 Å². The molecule has 0 saturated carbocycles. The van der Waals surface area contributed by atoms with E-state index < -0.39 is 10.0 Å². The van der Waals surface area contributed by atoms with Crippen molar-refractivity contribution in [1.82, 2.24) is 10.0 Å². The van der Waals surface area contributed by atoms with Gasteiger partial charge in [-0.25, -0.2) is 13.1 Å². The maximum Gasteiger partial charge on any atom is 0.208 e. The smallest absolute Gasteiger partial charge is 0.208 e. The van der Waals surface area contributed by atoms with Gasteiger partial charge in [0.05, 0.1) is 12.9 Å². The van der Waals surface area contributed by atoms with E-state index in [1.807, 2.05) is 43.3 Å². The Bertz CT molecular complexity index is 810. The lowest BCUT2D eigenvalue weighted by atomic mass is 10.1. The van der Waals surface area contributed by atoms with Crippen molar-refractivity contribution in [2.24, 2.45) is 0 Å². The molecule has 0 fully saturated rings. The number of hydrogen-bond acceptors (Lipinski definition) is 4. The van der Waals surface area contributed by atoms with E-state index in [0.29, 0.717) is 19.7 Å². The molecule has 2 aromatic carbocycles. The van der Waals surface area contributed by atoms with E-state index in [4.69, 9.17) is 4.74 Å². The zero-order valence-corrected chi connectivity index (χ0v) is 18.1. The highest BCUT2D eigenvalue weighted by atomic mass is 79.9. The first-order chi connectivity index (χ1) is 12.8. The predicted octanol–water partition coefficient (Wildman–Crippen LogP) is 3.49. The fraction of sp³-hybridized carbons (Fsp3) is 0.400. The lowest BCUT2D eigenvalue weighted by Gasteiger charge is -2.14. The lowest BCUT2D eigenvalue weighted by Crippen LogP contribution is -2.38. The van der Waals surface area contributed by atoms with Crippen molar-refractivity contribution >= 4 is 26.0 Å². The topological polar surface area (TPSA) is 67.4 Å². The van der Waals surface area contributed by atoms with Crippen LogP contribution in [0.5, 0.6) is 5.75 Å². The Morgan fingerprint density at radius 1 is 1.11 bits per heavy atom. The van der Waals surface area contributed by atoms with E-state index in [0.717, 1.165) is 34.9 Å². The molecule has 0 radical (unpaired) electrons. The van der Waals surface area contributed by atoms with Crippen LogP contribution in [-0.4, -0.2) is 33.9 Å². The lowest BCUT2D eigenvalue weighted by molar-refractivity contribution is 0.311. The van der Waals surface area contributed by atoms with Crippen LogP contribution in [0.4, 0.5) is 0 Å². The Morgan fingerprint density at radius 3 is 2.48 bits per heavy atom. The van der Waals surface area contributed by atoms with Gasteiger partial charge in [0.25, 0.3) is 0 Å². The minimum atomic E-state index is -3.15. The van der Waals surface area contributed by atoms with E-state index in [-0.39, 0.29) is 6.04 Å². The van der Waals surface area contributed by atoms with E-state index in [1.165, 1.54) is 5.56 Å². The summed E-state index contributed by atoms with van der Waals surface area (Å²) in [5, 5.41) is 3.29. The molecule has 2 aromatic rings. The van der Waals surface area contributed by atoms with Gasteiger partial charge in [0.15, 0.2) is 0 Å². The van der Waals surface area contributed by atoms with Crippen LogP contribution in [0.2, 0.25) is 0 Å². The highest BCUT2D eigenvalue weighted by molar-refractivity contribution is 9.10. The van der Waals surface area contributed by atoms with Gasteiger partial charge in [-0.15, -0.1) is 0 Å². The standard InChI is InChI=1S/C20H27BrN2O3S/c1-16(14-23-27(2,24)25)22-15-17-9-11-19(12-10-17)26-13-5-7-18-6-3-4-8-20(18)21/h3-4,6,8-12,16,22-23H,5,7,13-15H2,1-2H3. The maximum atomic E-state index is 11.1. The summed E-state index contributed by atoms with van der Waals surface area (Å²) in [5.41, 5.74) is 2.42. The van der Waals surface area contributed by atoms with Crippen molar-refractivity contribution in [2.45, 2.75) is 32.4 Å². The normalized spacial score (nSPS) is 12.7. The largest absolute Gasteiger partial charge is 0.494 e. The number of ether oxygens (including phenoxy) is 1. The van der Waals surface area contributed by atoms with Gasteiger partial charge in [0, 0.05) is 23.6 Å². The second kappa shape index (κ2) is 10.8. The third-order valence-corrected chi connectivity index (χ3v) is 5.51. The molecule has 148 valence electrons. The van der Waals surface area contributed by atoms with Crippen LogP contribution in [0.3, 0.4) is 0 Å². The summed E-state index contributed by atoms with van der Waals surface area (Å²) < 4.78 is 31.6. The Kier molecular flexibility index (Phi) is 8.76. The summed E-state index contributed by atoms with van der Waals surface area (Å²) >= 11 is 3.56. The van der Waals surface area contributed by atoms with Gasteiger partial charge in [-0.1, -0.05) is 46.3 Å². The van der Waals surface area contributed by atoms with Crippen molar-refractivity contribution < 1.29 is 13.2 Å². The number of halogens is 1. The van der Waals surface area contributed by atoms with Crippen LogP contribution in [0.15, 0.2) is 53.0 Å². The van der Waals surface area contributed by atoms with Gasteiger partial charge in [-0.2, -0.15) is 0 Å². The van der Waals surface area contributed by atoms with Gasteiger partial charge in [-0.3, -0.25) is 0 Å². The molecule has 1 unspecified atom stereocenters. The molecule has 27 heavy (non-hydrogen) atoms. The van der Waals surface area contributed by atoms with E-state index in [1.54, 1.807) is 0 Å². The monoisotopic (exact) mass is 454 g/mol. The first kappa shape index (κ1) is 21.9. The molecule has 2 rings (SSSR count). The van der Waals surface area contributed by atoms with Crippen LogP contribution < -0.4 is 14.8 Å². The summed E-state index contributed by atoms with van der Waals surface area (Å²) in [6, 6.07) is 16.3. The quantitative estimate of drug-likeness (QED) is 0.509. The van der Waals surface area contributed by atoms with Crippen LogP contribution in [0.1, 0.15) is 24.5 Å². The van der Waals surface area contributed by atoms with Crippen molar-refractivity contribution in [3.63, 3.8) is 0 Å². The maximum absolute atomic E-state index is 11.1. The molecule has 2 N–H and O–H groups in total. The number of rotatable bonds is 11. The fourth-order valence-corrected chi connectivity index (χ4v) is 3.53. The van der Waals surface area contributed by atoms with E-state index in [2.05, 4.69) is 38.1 Å². The SMILES string of the molecule is CC(CNS(C)(=O)=O)NCc1ccc(OCCCc2ccccc2Br)cc1. The number of benzene rings is 2. The molecule has 0 saturated heterocycles. The minimum absolute atomic E-state index is 0.0490. The van der Waals surface area contributed by atoms with Crippen LogP contribution >= 0.6 is 15.9 Å². The highest BCUT2D eigenvalue weighted by Gasteiger charge is 2.06. The van der Waals surface area contributed by atoms with Gasteiger partial charge in [0.1, 0.15) is 5.75 Å². The van der Waals surface area contributed by atoms with Gasteiger partial charge in [-0.05, 0) is 49.1 Å². The molecule has 0 bridgehead atoms. The Labute approximate surface area is 170 Å². The molecule has 0 amide bonds. The number of sulfonamides is 1. The Hall–Kier alpha value is -1.41. The van der Waals surface area contributed by atoms with E-state index >= 15 is 0 Å². The number of hydrogen-bond donors (Lipinski definition) is 2. The fourth-order valence-electron chi connectivity index (χ4n) is 2.50. The second-order valence-electron chi connectivity index (χ2n) is 6.59. The van der Waals surface area contributed by atoms with Crippen LogP contribution in [-0.2, 0) is 23.0 Å². The Balaban J connectivity index is 1.68. The predicted molar refractivity (Wildman–Crippen MR) is 114 cm³/mol. The minimum Gasteiger partial charge on any atom is -0.494 e. The molecule has 0 aromatic heterocycles. The van der Waals surface area contributed by atoms with Crippen molar-refractivity contribution in [3.8, 4) is 5.75 Å². The summed E-state index contributed by atoms with van der Waals surface area (Å²) in [6.07, 6.45) is 3.09. The molecule has 1 atom stereocenters. The summed E-state index contributed by atoms with van der Waals surface area (Å²) in [7, 11) is -3.15. The summed E-state index contributed by atoms with van der Waals surface area (Å²) in [6.45, 7) is 3.67. The second-order valence-corrected chi connectivity index (χ2v) is 9.28. The molecule has 5 nitrogen and oxygen atoms in total. The molecule has 7 heteroatoms. The molecule has 0 aliphatic heterocycles. The molecule has 0 aliphatic rings. The molecule has 0 aliphatic carbocycles. The Morgan fingerprint density at radius 2 is 1.81 bits per heavy atom. The molecule has 0 spiro atoms. The average molecular weight is 455 g/mol. The zero-order chi connectivity index (χ0) is 19.7. The summed E-state index contributed by atoms with van der Waals surface area (Å²) in [5.74, 6) is 0.859. The molecular formula is C20H27BrN2O3S. The molecular weight excluding hydrogens is 428 g/mol. The van der Waals surface area contributed by atoms with Crippen molar-refractivity contribution in [1.29, 1.82) is 0 Å². The van der Waals surface area contributed by atoms with Gasteiger partial charge in [0.2, 0.25) is 10.0 Å². The summed E-state index contributed by atoms with van der Waals surface area (Å²) in [4.78, 5) is 0. The van der Waals surface area contributed by atoms with Crippen LogP contribution in [0, 0.1) is 0 Å². The highest BCUT2D eigenvalue weighted by Crippen LogP contribution is 2.18. The zero-order valence-electron chi connectivity index (χ0n) is 15.7. The van der Waals surface area contributed by atoms with Crippen molar-refractivity contribution in [3.05, 3.63) is 64.1 Å². The average Bonchev–Trinajstić information content (AvgIpc) is 2.63. The van der Waals surface area contributed by atoms with Gasteiger partial charge < -0.3 is 10.1 Å². The van der Waals surface area contributed by atoms with E-state index in [9.17, 15) is 8.42 Å². The number of aryl methyl sites for hydroxylation is 1.